The molecule has 1 N–H and O–H groups in total. The van der Waals surface area contributed by atoms with Crippen molar-refractivity contribution in [3.8, 4) is 11.5 Å². The Morgan fingerprint density at radius 3 is 2.85 bits per heavy atom. The molecule has 3 rings (SSSR count). The van der Waals surface area contributed by atoms with E-state index in [2.05, 4.69) is 23.5 Å². The summed E-state index contributed by atoms with van der Waals surface area (Å²) in [5.74, 6) is 4.12. The van der Waals surface area contributed by atoms with Crippen molar-refractivity contribution in [3.05, 3.63) is 23.8 Å². The predicted molar refractivity (Wildman–Crippen MR) is 83.9 cm³/mol. The van der Waals surface area contributed by atoms with Crippen molar-refractivity contribution in [1.29, 1.82) is 0 Å². The molecule has 110 valence electrons. The molecule has 0 saturated carbocycles. The van der Waals surface area contributed by atoms with Gasteiger partial charge in [-0.2, -0.15) is 11.8 Å². The fourth-order valence-electron chi connectivity index (χ4n) is 2.95. The highest BCUT2D eigenvalue weighted by molar-refractivity contribution is 7.99. The van der Waals surface area contributed by atoms with Crippen LogP contribution < -0.4 is 14.8 Å². The first-order valence-electron chi connectivity index (χ1n) is 7.52. The molecule has 2 heterocycles. The van der Waals surface area contributed by atoms with E-state index >= 15 is 0 Å². The third kappa shape index (κ3) is 3.23. The summed E-state index contributed by atoms with van der Waals surface area (Å²) in [6.45, 7) is 1.12. The van der Waals surface area contributed by atoms with E-state index in [9.17, 15) is 0 Å². The van der Waals surface area contributed by atoms with Gasteiger partial charge in [-0.05, 0) is 55.7 Å². The number of thioether (sulfide) groups is 1. The molecule has 2 saturated heterocycles. The molecule has 0 amide bonds. The molecule has 1 aromatic rings. The van der Waals surface area contributed by atoms with Crippen LogP contribution in [0.3, 0.4) is 0 Å². The number of hydrogen-bond donors (Lipinski definition) is 1. The van der Waals surface area contributed by atoms with Gasteiger partial charge < -0.3 is 14.8 Å². The average Bonchev–Trinajstić information content (AvgIpc) is 3.03. The molecule has 2 aliphatic rings. The molecule has 0 bridgehead atoms. The SMILES string of the molecule is COc1cc(C2CCCN2)ccc1OC1CCCSC1. The first kappa shape index (κ1) is 14.1. The zero-order chi connectivity index (χ0) is 13.8. The highest BCUT2D eigenvalue weighted by Crippen LogP contribution is 2.34. The van der Waals surface area contributed by atoms with Crippen molar-refractivity contribution in [2.45, 2.75) is 37.8 Å². The van der Waals surface area contributed by atoms with Gasteiger partial charge in [-0.25, -0.2) is 0 Å². The highest BCUT2D eigenvalue weighted by Gasteiger charge is 2.20. The van der Waals surface area contributed by atoms with Gasteiger partial charge in [-0.15, -0.1) is 0 Å². The van der Waals surface area contributed by atoms with Gasteiger partial charge in [0.25, 0.3) is 0 Å². The standard InChI is InChI=1S/C16H23NO2S/c1-18-16-10-12(14-5-2-8-17-14)6-7-15(16)19-13-4-3-9-20-11-13/h6-7,10,13-14,17H,2-5,8-9,11H2,1H3. The largest absolute Gasteiger partial charge is 0.493 e. The maximum atomic E-state index is 6.13. The van der Waals surface area contributed by atoms with Crippen LogP contribution in [0.2, 0.25) is 0 Å². The molecule has 0 aromatic heterocycles. The topological polar surface area (TPSA) is 30.5 Å². The summed E-state index contributed by atoms with van der Waals surface area (Å²) in [5, 5.41) is 3.53. The van der Waals surface area contributed by atoms with E-state index in [0.29, 0.717) is 12.1 Å². The summed E-state index contributed by atoms with van der Waals surface area (Å²) in [6, 6.07) is 6.86. The zero-order valence-corrected chi connectivity index (χ0v) is 12.9. The van der Waals surface area contributed by atoms with Crippen molar-refractivity contribution < 1.29 is 9.47 Å². The van der Waals surface area contributed by atoms with Crippen LogP contribution in [0.1, 0.15) is 37.3 Å². The molecule has 3 nitrogen and oxygen atoms in total. The minimum absolute atomic E-state index is 0.332. The number of benzene rings is 1. The summed E-state index contributed by atoms with van der Waals surface area (Å²) in [5.41, 5.74) is 1.31. The molecule has 4 heteroatoms. The molecule has 2 aliphatic heterocycles. The van der Waals surface area contributed by atoms with E-state index in [0.717, 1.165) is 30.2 Å². The van der Waals surface area contributed by atoms with Gasteiger partial charge in [0.15, 0.2) is 11.5 Å². The fraction of sp³-hybridized carbons (Fsp3) is 0.625. The van der Waals surface area contributed by atoms with Gasteiger partial charge in [0.05, 0.1) is 7.11 Å². The van der Waals surface area contributed by atoms with E-state index in [1.165, 1.54) is 30.6 Å². The summed E-state index contributed by atoms with van der Waals surface area (Å²) in [6.07, 6.45) is 5.20. The maximum Gasteiger partial charge on any atom is 0.161 e. The minimum atomic E-state index is 0.332. The van der Waals surface area contributed by atoms with Crippen molar-refractivity contribution in [3.63, 3.8) is 0 Å². The second kappa shape index (κ2) is 6.72. The third-order valence-corrected chi connectivity index (χ3v) is 5.25. The predicted octanol–water partition coefficient (Wildman–Crippen LogP) is 3.39. The van der Waals surface area contributed by atoms with E-state index in [1.54, 1.807) is 7.11 Å². The van der Waals surface area contributed by atoms with Gasteiger partial charge in [0.2, 0.25) is 0 Å². The Balaban J connectivity index is 1.73. The molecular formula is C16H23NO2S. The lowest BCUT2D eigenvalue weighted by Crippen LogP contribution is -2.23. The quantitative estimate of drug-likeness (QED) is 0.922. The van der Waals surface area contributed by atoms with E-state index < -0.39 is 0 Å². The van der Waals surface area contributed by atoms with Gasteiger partial charge in [-0.1, -0.05) is 6.07 Å². The second-order valence-electron chi connectivity index (χ2n) is 5.52. The number of methoxy groups -OCH3 is 1. The van der Waals surface area contributed by atoms with E-state index in [4.69, 9.17) is 9.47 Å². The monoisotopic (exact) mass is 293 g/mol. The Morgan fingerprint density at radius 2 is 2.15 bits per heavy atom. The first-order valence-corrected chi connectivity index (χ1v) is 8.68. The molecule has 0 aliphatic carbocycles. The van der Waals surface area contributed by atoms with Crippen molar-refractivity contribution in [2.24, 2.45) is 0 Å². The van der Waals surface area contributed by atoms with Crippen LogP contribution in [-0.2, 0) is 0 Å². The maximum absolute atomic E-state index is 6.13. The molecule has 0 spiro atoms. The van der Waals surface area contributed by atoms with Crippen molar-refractivity contribution >= 4 is 11.8 Å². The molecule has 2 atom stereocenters. The highest BCUT2D eigenvalue weighted by atomic mass is 32.2. The van der Waals surface area contributed by atoms with Crippen LogP contribution in [-0.4, -0.2) is 31.3 Å². The van der Waals surface area contributed by atoms with Crippen LogP contribution >= 0.6 is 11.8 Å². The lowest BCUT2D eigenvalue weighted by molar-refractivity contribution is 0.202. The van der Waals surface area contributed by atoms with Gasteiger partial charge in [-0.3, -0.25) is 0 Å². The number of ether oxygens (including phenoxy) is 2. The van der Waals surface area contributed by atoms with Crippen molar-refractivity contribution in [2.75, 3.05) is 25.2 Å². The lowest BCUT2D eigenvalue weighted by atomic mass is 10.0. The van der Waals surface area contributed by atoms with Crippen LogP contribution in [0.25, 0.3) is 0 Å². The Morgan fingerprint density at radius 1 is 1.20 bits per heavy atom. The number of hydrogen-bond acceptors (Lipinski definition) is 4. The van der Waals surface area contributed by atoms with Crippen molar-refractivity contribution in [1.82, 2.24) is 5.32 Å². The van der Waals surface area contributed by atoms with Gasteiger partial charge in [0.1, 0.15) is 6.10 Å². The lowest BCUT2D eigenvalue weighted by Gasteiger charge is -2.24. The van der Waals surface area contributed by atoms with Gasteiger partial charge >= 0.3 is 0 Å². The average molecular weight is 293 g/mol. The minimum Gasteiger partial charge on any atom is -0.493 e. The summed E-state index contributed by atoms with van der Waals surface area (Å²) >= 11 is 1.98. The molecule has 2 fully saturated rings. The van der Waals surface area contributed by atoms with Crippen LogP contribution in [0.15, 0.2) is 18.2 Å². The third-order valence-electron chi connectivity index (χ3n) is 4.06. The van der Waals surface area contributed by atoms with Crippen LogP contribution in [0.5, 0.6) is 11.5 Å². The normalized spacial score (nSPS) is 26.4. The summed E-state index contributed by atoms with van der Waals surface area (Å²) in [7, 11) is 1.73. The number of rotatable bonds is 4. The Hall–Kier alpha value is -0.870. The Labute approximate surface area is 125 Å². The molecule has 20 heavy (non-hydrogen) atoms. The molecule has 0 radical (unpaired) electrons. The second-order valence-corrected chi connectivity index (χ2v) is 6.67. The Kier molecular flexibility index (Phi) is 4.73. The smallest absolute Gasteiger partial charge is 0.161 e. The van der Waals surface area contributed by atoms with Crippen LogP contribution in [0.4, 0.5) is 0 Å². The molecule has 2 unspecified atom stereocenters. The van der Waals surface area contributed by atoms with Crippen LogP contribution in [0, 0.1) is 0 Å². The fourth-order valence-corrected chi connectivity index (χ4v) is 3.99. The Bertz CT molecular complexity index is 440. The molecule has 1 aromatic carbocycles. The first-order chi connectivity index (χ1) is 9.86. The van der Waals surface area contributed by atoms with E-state index in [-0.39, 0.29) is 0 Å². The summed E-state index contributed by atoms with van der Waals surface area (Å²) < 4.78 is 11.7. The van der Waals surface area contributed by atoms with Gasteiger partial charge in [0, 0.05) is 11.8 Å². The van der Waals surface area contributed by atoms with E-state index in [1.807, 2.05) is 11.8 Å². The summed E-state index contributed by atoms with van der Waals surface area (Å²) in [4.78, 5) is 0. The molecular weight excluding hydrogens is 270 g/mol. The zero-order valence-electron chi connectivity index (χ0n) is 12.1. The number of nitrogens with one attached hydrogen (secondary N) is 1.